The van der Waals surface area contributed by atoms with Gasteiger partial charge in [0, 0.05) is 37.2 Å². The number of likely N-dealkylation sites (tertiary alicyclic amines) is 1. The Bertz CT molecular complexity index is 1090. The van der Waals surface area contributed by atoms with Crippen LogP contribution in [0.25, 0.3) is 12.2 Å². The number of carbonyl (C=O) groups excluding carboxylic acids is 2. The molecule has 1 saturated heterocycles. The molecule has 0 unspecified atom stereocenters. The predicted octanol–water partition coefficient (Wildman–Crippen LogP) is 5.21. The van der Waals surface area contributed by atoms with Crippen molar-refractivity contribution < 1.29 is 35.9 Å². The molecule has 1 fully saturated rings. The van der Waals surface area contributed by atoms with Crippen molar-refractivity contribution in [3.63, 3.8) is 0 Å². The lowest BCUT2D eigenvalue weighted by molar-refractivity contribution is -0.138. The number of Topliss-reactive ketones (excluding diaryl/α,β-unsaturated/α-hetero) is 1. The van der Waals surface area contributed by atoms with Gasteiger partial charge in [0.15, 0.2) is 5.78 Å². The molecule has 4 nitrogen and oxygen atoms in total. The summed E-state index contributed by atoms with van der Waals surface area (Å²) in [6.07, 6.45) is -6.49. The molecule has 2 aromatic carbocycles. The molecular weight excluding hydrogens is 474 g/mol. The van der Waals surface area contributed by atoms with Crippen LogP contribution in [0.5, 0.6) is 0 Å². The molecule has 2 aromatic rings. The van der Waals surface area contributed by atoms with Crippen molar-refractivity contribution in [2.24, 2.45) is 0 Å². The van der Waals surface area contributed by atoms with Crippen LogP contribution >= 0.6 is 0 Å². The first-order valence-electron chi connectivity index (χ1n) is 10.6. The Balaban J connectivity index is 2.02. The van der Waals surface area contributed by atoms with Crippen LogP contribution in [0.4, 0.5) is 26.3 Å². The predicted molar refractivity (Wildman–Crippen MR) is 119 cm³/mol. The monoisotopic (exact) mass is 496 g/mol. The van der Waals surface area contributed by atoms with Gasteiger partial charge in [0.05, 0.1) is 11.1 Å². The summed E-state index contributed by atoms with van der Waals surface area (Å²) < 4.78 is 78.6. The number of nitrogens with zero attached hydrogens (tertiary/aromatic N) is 1. The number of piperidine rings is 1. The molecule has 1 aliphatic heterocycles. The van der Waals surface area contributed by atoms with E-state index in [-0.39, 0.29) is 47.7 Å². The van der Waals surface area contributed by atoms with Crippen LogP contribution in [0, 0.1) is 0 Å². The second kappa shape index (κ2) is 10.5. The van der Waals surface area contributed by atoms with Crippen molar-refractivity contribution >= 4 is 23.8 Å². The van der Waals surface area contributed by atoms with E-state index in [1.54, 1.807) is 7.05 Å². The fraction of sp³-hybridized carbons (Fsp3) is 0.280. The van der Waals surface area contributed by atoms with Gasteiger partial charge in [-0.2, -0.15) is 26.3 Å². The molecular formula is C25H22F6N2O2. The lowest BCUT2D eigenvalue weighted by Crippen LogP contribution is -2.42. The molecule has 0 aliphatic carbocycles. The van der Waals surface area contributed by atoms with Gasteiger partial charge in [-0.1, -0.05) is 24.3 Å². The van der Waals surface area contributed by atoms with E-state index in [1.165, 1.54) is 41.3 Å². The van der Waals surface area contributed by atoms with Crippen molar-refractivity contribution in [1.82, 2.24) is 10.2 Å². The van der Waals surface area contributed by atoms with E-state index in [9.17, 15) is 35.9 Å². The first-order chi connectivity index (χ1) is 16.4. The summed E-state index contributed by atoms with van der Waals surface area (Å²) >= 11 is 0. The Hall–Kier alpha value is -3.40. The number of benzene rings is 2. The third kappa shape index (κ3) is 6.82. The Kier molecular flexibility index (Phi) is 7.84. The molecule has 1 heterocycles. The van der Waals surface area contributed by atoms with Gasteiger partial charge in [-0.05, 0) is 54.6 Å². The highest BCUT2D eigenvalue weighted by Crippen LogP contribution is 2.32. The van der Waals surface area contributed by atoms with Crippen molar-refractivity contribution in [1.29, 1.82) is 0 Å². The summed E-state index contributed by atoms with van der Waals surface area (Å²) in [5, 5.41) is 2.83. The smallest absolute Gasteiger partial charge is 0.334 e. The Labute approximate surface area is 197 Å². The Morgan fingerprint density at radius 3 is 1.74 bits per heavy atom. The lowest BCUT2D eigenvalue weighted by atomic mass is 9.93. The third-order valence-electron chi connectivity index (χ3n) is 5.36. The first kappa shape index (κ1) is 26.2. The number of amides is 1. The lowest BCUT2D eigenvalue weighted by Gasteiger charge is -2.30. The van der Waals surface area contributed by atoms with Crippen LogP contribution in [-0.2, 0) is 21.9 Å². The fourth-order valence-electron chi connectivity index (χ4n) is 3.62. The number of halogens is 6. The second-order valence-electron chi connectivity index (χ2n) is 8.02. The van der Waals surface area contributed by atoms with E-state index in [0.29, 0.717) is 6.54 Å². The molecule has 0 bridgehead atoms. The van der Waals surface area contributed by atoms with Crippen LogP contribution in [0.2, 0.25) is 0 Å². The minimum atomic E-state index is -4.57. The number of rotatable bonds is 5. The summed E-state index contributed by atoms with van der Waals surface area (Å²) in [4.78, 5) is 27.2. The number of alkyl halides is 6. The van der Waals surface area contributed by atoms with Crippen LogP contribution in [-0.4, -0.2) is 43.3 Å². The van der Waals surface area contributed by atoms with Crippen LogP contribution in [0.3, 0.4) is 0 Å². The molecule has 0 spiro atoms. The van der Waals surface area contributed by atoms with E-state index >= 15 is 0 Å². The van der Waals surface area contributed by atoms with E-state index in [2.05, 4.69) is 5.32 Å². The highest BCUT2D eigenvalue weighted by molar-refractivity contribution is 6.15. The summed E-state index contributed by atoms with van der Waals surface area (Å²) in [5.74, 6) is -0.853. The summed E-state index contributed by atoms with van der Waals surface area (Å²) in [5.41, 5.74) is -1.43. The van der Waals surface area contributed by atoms with E-state index in [0.717, 1.165) is 24.3 Å². The van der Waals surface area contributed by atoms with Gasteiger partial charge >= 0.3 is 12.4 Å². The number of hydrogen-bond donors (Lipinski definition) is 1. The molecule has 10 heteroatoms. The number of hydrogen-bond acceptors (Lipinski definition) is 3. The minimum Gasteiger partial charge on any atom is -0.334 e. The zero-order chi connectivity index (χ0) is 25.8. The Morgan fingerprint density at radius 1 is 0.886 bits per heavy atom. The molecule has 186 valence electrons. The maximum Gasteiger partial charge on any atom is 0.416 e. The molecule has 0 radical (unpaired) electrons. The van der Waals surface area contributed by atoms with Gasteiger partial charge in [0.25, 0.3) is 0 Å². The number of ketones is 1. The van der Waals surface area contributed by atoms with Crippen molar-refractivity contribution in [2.45, 2.75) is 18.8 Å². The molecule has 0 aromatic heterocycles. The van der Waals surface area contributed by atoms with Gasteiger partial charge in [0.1, 0.15) is 0 Å². The third-order valence-corrected chi connectivity index (χ3v) is 5.36. The van der Waals surface area contributed by atoms with Gasteiger partial charge in [0.2, 0.25) is 5.91 Å². The normalized spacial score (nSPS) is 17.3. The fourth-order valence-corrected chi connectivity index (χ4v) is 3.62. The topological polar surface area (TPSA) is 49.4 Å². The molecule has 1 amide bonds. The standard InChI is InChI=1S/C25H22F6N2O2/c1-32-9-8-22(34)33-14-18(10-16-4-2-6-20(12-16)24(26,27)28)23(35)19(15-33)11-17-5-3-7-21(13-17)25(29,30)31/h2-7,10-13,32H,8-9,14-15H2,1H3/b18-10+,19-11+. The van der Waals surface area contributed by atoms with Gasteiger partial charge in [-0.3, -0.25) is 9.59 Å². The van der Waals surface area contributed by atoms with Gasteiger partial charge < -0.3 is 10.2 Å². The summed E-state index contributed by atoms with van der Waals surface area (Å²) in [6, 6.07) is 8.78. The van der Waals surface area contributed by atoms with Gasteiger partial charge in [-0.25, -0.2) is 0 Å². The highest BCUT2D eigenvalue weighted by Gasteiger charge is 2.32. The quantitative estimate of drug-likeness (QED) is 0.457. The molecule has 35 heavy (non-hydrogen) atoms. The Morgan fingerprint density at radius 2 is 1.34 bits per heavy atom. The summed E-state index contributed by atoms with van der Waals surface area (Å²) in [6.45, 7) is 0.109. The minimum absolute atomic E-state index is 0.0617. The largest absolute Gasteiger partial charge is 0.416 e. The van der Waals surface area contributed by atoms with Crippen molar-refractivity contribution in [3.8, 4) is 0 Å². The maximum atomic E-state index is 13.1. The highest BCUT2D eigenvalue weighted by atomic mass is 19.4. The zero-order valence-corrected chi connectivity index (χ0v) is 18.6. The average Bonchev–Trinajstić information content (AvgIpc) is 2.79. The van der Waals surface area contributed by atoms with Crippen LogP contribution < -0.4 is 5.32 Å². The van der Waals surface area contributed by atoms with Gasteiger partial charge in [-0.15, -0.1) is 0 Å². The molecule has 3 rings (SSSR count). The SMILES string of the molecule is CNCCC(=O)N1C/C(=C\c2cccc(C(F)(F)F)c2)C(=O)/C(=C/c2cccc(C(F)(F)F)c2)C1. The number of nitrogens with one attached hydrogen (secondary N) is 1. The van der Waals surface area contributed by atoms with Crippen LogP contribution in [0.1, 0.15) is 28.7 Å². The second-order valence-corrected chi connectivity index (χ2v) is 8.02. The zero-order valence-electron chi connectivity index (χ0n) is 18.6. The average molecular weight is 496 g/mol. The molecule has 0 atom stereocenters. The van der Waals surface area contributed by atoms with Crippen molar-refractivity contribution in [3.05, 3.63) is 81.9 Å². The van der Waals surface area contributed by atoms with E-state index in [4.69, 9.17) is 0 Å². The molecule has 1 aliphatic rings. The first-order valence-corrected chi connectivity index (χ1v) is 10.6. The van der Waals surface area contributed by atoms with Crippen molar-refractivity contribution in [2.75, 3.05) is 26.7 Å². The summed E-state index contributed by atoms with van der Waals surface area (Å²) in [7, 11) is 1.66. The van der Waals surface area contributed by atoms with E-state index in [1.807, 2.05) is 0 Å². The molecule has 0 saturated carbocycles. The molecule has 1 N–H and O–H groups in total. The van der Waals surface area contributed by atoms with E-state index < -0.39 is 29.3 Å². The van der Waals surface area contributed by atoms with Crippen LogP contribution in [0.15, 0.2) is 59.7 Å². The maximum absolute atomic E-state index is 13.1. The number of carbonyl (C=O) groups is 2.